The quantitative estimate of drug-likeness (QED) is 0.610. The fraction of sp³-hybridized carbons (Fsp3) is 0.500. The summed E-state index contributed by atoms with van der Waals surface area (Å²) >= 11 is 0. The van der Waals surface area contributed by atoms with Crippen LogP contribution in [0.15, 0.2) is 18.2 Å². The molecule has 174 valence electrons. The third-order valence-corrected chi connectivity index (χ3v) is 5.54. The number of benzene rings is 1. The van der Waals surface area contributed by atoms with E-state index >= 15 is 0 Å². The Morgan fingerprint density at radius 2 is 1.59 bits per heavy atom. The number of hydrogen-bond donors (Lipinski definition) is 1. The fourth-order valence-corrected chi connectivity index (χ4v) is 4.03. The number of carbonyl (C=O) groups is 2. The molecule has 1 unspecified atom stereocenters. The van der Waals surface area contributed by atoms with Crippen LogP contribution in [0.1, 0.15) is 75.1 Å². The maximum absolute atomic E-state index is 13.0. The van der Waals surface area contributed by atoms with E-state index < -0.39 is 17.0 Å². The highest BCUT2D eigenvalue weighted by Crippen LogP contribution is 2.45. The highest BCUT2D eigenvalue weighted by Gasteiger charge is 2.40. The molecule has 0 fully saturated rings. The van der Waals surface area contributed by atoms with Crippen molar-refractivity contribution in [3.8, 4) is 5.88 Å². The first-order chi connectivity index (χ1) is 14.7. The van der Waals surface area contributed by atoms with Crippen molar-refractivity contribution < 1.29 is 19.1 Å². The lowest BCUT2D eigenvalue weighted by Gasteiger charge is -2.35. The number of aryl methyl sites for hydroxylation is 3. The van der Waals surface area contributed by atoms with E-state index in [9.17, 15) is 9.59 Å². The van der Waals surface area contributed by atoms with Crippen molar-refractivity contribution in [3.63, 3.8) is 0 Å². The number of esters is 1. The Hall–Kier alpha value is -2.89. The summed E-state index contributed by atoms with van der Waals surface area (Å²) in [6.45, 7) is 16.7. The van der Waals surface area contributed by atoms with E-state index in [-0.39, 0.29) is 11.8 Å². The predicted octanol–water partition coefficient (Wildman–Crippen LogP) is 5.39. The van der Waals surface area contributed by atoms with E-state index in [1.165, 1.54) is 14.0 Å². The van der Waals surface area contributed by atoms with Crippen molar-refractivity contribution in [1.29, 1.82) is 0 Å². The standard InChI is InChI=1S/C26H36N2O4/c1-11-20-17(4)27-23(31-10)22(28-24(30)25(6,7)8)21(20)26(9,32-18(5)29)19-13-15(2)12-16(3)14-19/h12-14H,11H2,1-10H3,(H,28,30). The molecule has 1 atom stereocenters. The number of nitrogens with one attached hydrogen (secondary N) is 1. The lowest BCUT2D eigenvalue weighted by Crippen LogP contribution is -2.35. The summed E-state index contributed by atoms with van der Waals surface area (Å²) in [5.74, 6) is -0.319. The van der Waals surface area contributed by atoms with Crippen LogP contribution in [0.5, 0.6) is 5.88 Å². The van der Waals surface area contributed by atoms with Crippen molar-refractivity contribution >= 4 is 17.6 Å². The lowest BCUT2D eigenvalue weighted by molar-refractivity contribution is -0.152. The summed E-state index contributed by atoms with van der Waals surface area (Å²) in [5, 5.41) is 3.03. The van der Waals surface area contributed by atoms with E-state index in [1.807, 2.05) is 67.5 Å². The molecule has 0 saturated heterocycles. The van der Waals surface area contributed by atoms with Gasteiger partial charge in [-0.1, -0.05) is 57.0 Å². The second kappa shape index (κ2) is 9.31. The van der Waals surface area contributed by atoms with E-state index in [0.29, 0.717) is 17.7 Å². The zero-order chi connectivity index (χ0) is 24.4. The number of hydrogen-bond acceptors (Lipinski definition) is 5. The number of ether oxygens (including phenoxy) is 2. The van der Waals surface area contributed by atoms with Crippen LogP contribution in [-0.4, -0.2) is 24.0 Å². The maximum atomic E-state index is 13.0. The van der Waals surface area contributed by atoms with Crippen molar-refractivity contribution in [3.05, 3.63) is 51.7 Å². The molecule has 0 saturated carbocycles. The first kappa shape index (κ1) is 25.4. The smallest absolute Gasteiger partial charge is 0.303 e. The van der Waals surface area contributed by atoms with E-state index in [0.717, 1.165) is 27.9 Å². The van der Waals surface area contributed by atoms with Crippen LogP contribution in [0, 0.1) is 26.2 Å². The van der Waals surface area contributed by atoms with Crippen LogP contribution >= 0.6 is 0 Å². The Morgan fingerprint density at radius 3 is 2.03 bits per heavy atom. The molecule has 0 aliphatic rings. The number of rotatable bonds is 6. The minimum Gasteiger partial charge on any atom is -0.479 e. The third kappa shape index (κ3) is 5.12. The van der Waals surface area contributed by atoms with Gasteiger partial charge in [0.25, 0.3) is 0 Å². The highest BCUT2D eigenvalue weighted by atomic mass is 16.6. The molecule has 6 nitrogen and oxygen atoms in total. The normalized spacial score (nSPS) is 13.3. The van der Waals surface area contributed by atoms with Gasteiger partial charge in [0.2, 0.25) is 11.8 Å². The summed E-state index contributed by atoms with van der Waals surface area (Å²) < 4.78 is 11.6. The molecule has 0 aliphatic carbocycles. The molecule has 0 spiro atoms. The summed E-state index contributed by atoms with van der Waals surface area (Å²) in [5.41, 5.74) is 3.88. The van der Waals surface area contributed by atoms with Gasteiger partial charge in [-0.05, 0) is 39.7 Å². The molecule has 1 aromatic heterocycles. The number of carbonyl (C=O) groups excluding carboxylic acids is 2. The van der Waals surface area contributed by atoms with Gasteiger partial charge in [-0.15, -0.1) is 0 Å². The van der Waals surface area contributed by atoms with Gasteiger partial charge in [0.1, 0.15) is 5.69 Å². The van der Waals surface area contributed by atoms with Gasteiger partial charge in [0, 0.05) is 29.2 Å². The van der Waals surface area contributed by atoms with Crippen LogP contribution in [0.4, 0.5) is 5.69 Å². The Kier molecular flexibility index (Phi) is 7.38. The van der Waals surface area contributed by atoms with E-state index in [1.54, 1.807) is 0 Å². The van der Waals surface area contributed by atoms with Crippen LogP contribution < -0.4 is 10.1 Å². The van der Waals surface area contributed by atoms with Gasteiger partial charge in [0.15, 0.2) is 5.60 Å². The molecule has 2 rings (SSSR count). The fourth-order valence-electron chi connectivity index (χ4n) is 4.03. The summed E-state index contributed by atoms with van der Waals surface area (Å²) in [6, 6.07) is 6.08. The average Bonchev–Trinajstić information content (AvgIpc) is 2.66. The molecule has 1 N–H and O–H groups in total. The molecule has 0 radical (unpaired) electrons. The van der Waals surface area contributed by atoms with Gasteiger partial charge in [-0.3, -0.25) is 9.59 Å². The van der Waals surface area contributed by atoms with Gasteiger partial charge in [0.05, 0.1) is 7.11 Å². The molecule has 0 aliphatic heterocycles. The van der Waals surface area contributed by atoms with Crippen LogP contribution in [0.25, 0.3) is 0 Å². The number of amides is 1. The van der Waals surface area contributed by atoms with Crippen LogP contribution in [-0.2, 0) is 26.3 Å². The zero-order valence-corrected chi connectivity index (χ0v) is 21.0. The second-order valence-electron chi connectivity index (χ2n) is 9.50. The number of aromatic nitrogens is 1. The number of nitrogens with zero attached hydrogens (tertiary/aromatic N) is 1. The number of pyridine rings is 1. The Bertz CT molecular complexity index is 1020. The minimum atomic E-state index is -1.17. The van der Waals surface area contributed by atoms with E-state index in [2.05, 4.69) is 16.4 Å². The van der Waals surface area contributed by atoms with E-state index in [4.69, 9.17) is 9.47 Å². The molecule has 1 amide bonds. The van der Waals surface area contributed by atoms with Crippen molar-refractivity contribution in [2.24, 2.45) is 5.41 Å². The second-order valence-corrected chi connectivity index (χ2v) is 9.50. The van der Waals surface area contributed by atoms with Gasteiger partial charge in [-0.2, -0.15) is 0 Å². The summed E-state index contributed by atoms with van der Waals surface area (Å²) in [6.07, 6.45) is 0.637. The molecule has 2 aromatic rings. The first-order valence-electron chi connectivity index (χ1n) is 10.9. The number of anilines is 1. The van der Waals surface area contributed by atoms with Gasteiger partial charge < -0.3 is 14.8 Å². The van der Waals surface area contributed by atoms with Gasteiger partial charge >= 0.3 is 5.97 Å². The number of methoxy groups -OCH3 is 1. The van der Waals surface area contributed by atoms with Crippen LogP contribution in [0.2, 0.25) is 0 Å². The minimum absolute atomic E-state index is 0.185. The topological polar surface area (TPSA) is 77.5 Å². The highest BCUT2D eigenvalue weighted by molar-refractivity contribution is 5.97. The molecule has 1 heterocycles. The first-order valence-corrected chi connectivity index (χ1v) is 10.9. The van der Waals surface area contributed by atoms with Gasteiger partial charge in [-0.25, -0.2) is 4.98 Å². The van der Waals surface area contributed by atoms with Crippen molar-refractivity contribution in [2.45, 2.75) is 74.3 Å². The van der Waals surface area contributed by atoms with Crippen molar-refractivity contribution in [2.75, 3.05) is 12.4 Å². The molecule has 1 aromatic carbocycles. The molecule has 6 heteroatoms. The largest absolute Gasteiger partial charge is 0.479 e. The predicted molar refractivity (Wildman–Crippen MR) is 127 cm³/mol. The third-order valence-electron chi connectivity index (χ3n) is 5.54. The molecule has 32 heavy (non-hydrogen) atoms. The monoisotopic (exact) mass is 440 g/mol. The molecular formula is C26H36N2O4. The Balaban J connectivity index is 3.00. The van der Waals surface area contributed by atoms with Crippen LogP contribution in [0.3, 0.4) is 0 Å². The lowest BCUT2D eigenvalue weighted by atomic mass is 9.81. The summed E-state index contributed by atoms with van der Waals surface area (Å²) in [7, 11) is 1.52. The zero-order valence-electron chi connectivity index (χ0n) is 21.0. The molecular weight excluding hydrogens is 404 g/mol. The molecule has 0 bridgehead atoms. The van der Waals surface area contributed by atoms with Crippen molar-refractivity contribution in [1.82, 2.24) is 4.98 Å². The Labute approximate surface area is 191 Å². The SMILES string of the molecule is CCc1c(C)nc(OC)c(NC(=O)C(C)(C)C)c1C(C)(OC(C)=O)c1cc(C)cc(C)c1. The average molecular weight is 441 g/mol. The maximum Gasteiger partial charge on any atom is 0.303 e. The Morgan fingerprint density at radius 1 is 1.03 bits per heavy atom. The summed E-state index contributed by atoms with van der Waals surface area (Å²) in [4.78, 5) is 30.0.